The van der Waals surface area contributed by atoms with E-state index in [1.807, 2.05) is 13.0 Å². The van der Waals surface area contributed by atoms with Crippen LogP contribution in [-0.2, 0) is 9.84 Å². The number of aryl methyl sites for hydroxylation is 1. The van der Waals surface area contributed by atoms with Crippen LogP contribution in [0.1, 0.15) is 24.2 Å². The SMILES string of the molecule is Cc1cccc([C@H](O)[C@@](C)(Br)S(C)(=O)=O)c1. The first kappa shape index (κ1) is 13.7. The largest absolute Gasteiger partial charge is 0.386 e. The van der Waals surface area contributed by atoms with Gasteiger partial charge in [0.15, 0.2) is 13.5 Å². The van der Waals surface area contributed by atoms with Crippen LogP contribution in [0.3, 0.4) is 0 Å². The number of halogens is 1. The number of alkyl halides is 1. The van der Waals surface area contributed by atoms with Gasteiger partial charge in [-0.15, -0.1) is 0 Å². The Bertz CT molecular complexity index is 480. The van der Waals surface area contributed by atoms with Crippen LogP contribution in [0.5, 0.6) is 0 Å². The number of sulfone groups is 1. The average Bonchev–Trinajstić information content (AvgIpc) is 2.14. The van der Waals surface area contributed by atoms with Crippen LogP contribution < -0.4 is 0 Å². The molecule has 0 unspecified atom stereocenters. The fraction of sp³-hybridized carbons (Fsp3) is 0.455. The van der Waals surface area contributed by atoms with Crippen LogP contribution in [0.2, 0.25) is 0 Å². The van der Waals surface area contributed by atoms with Gasteiger partial charge in [-0.3, -0.25) is 0 Å². The summed E-state index contributed by atoms with van der Waals surface area (Å²) >= 11 is 3.09. The molecule has 1 aromatic rings. The Labute approximate surface area is 105 Å². The zero-order chi connectivity index (χ0) is 12.6. The van der Waals surface area contributed by atoms with Crippen molar-refractivity contribution in [1.82, 2.24) is 0 Å². The van der Waals surface area contributed by atoms with Crippen molar-refractivity contribution >= 4 is 25.8 Å². The number of hydrogen-bond donors (Lipinski definition) is 1. The van der Waals surface area contributed by atoms with Gasteiger partial charge in [-0.05, 0) is 19.4 Å². The summed E-state index contributed by atoms with van der Waals surface area (Å²) in [5.74, 6) is 0. The van der Waals surface area contributed by atoms with Crippen molar-refractivity contribution in [3.05, 3.63) is 35.4 Å². The number of aliphatic hydroxyl groups is 1. The smallest absolute Gasteiger partial charge is 0.165 e. The Morgan fingerprint density at radius 2 is 2.00 bits per heavy atom. The highest BCUT2D eigenvalue weighted by molar-refractivity contribution is 9.11. The second-order valence-electron chi connectivity index (χ2n) is 4.07. The molecular weight excluding hydrogens is 292 g/mol. The molecule has 0 aliphatic heterocycles. The first-order chi connectivity index (χ1) is 7.16. The van der Waals surface area contributed by atoms with Gasteiger partial charge in [0.1, 0.15) is 6.10 Å². The lowest BCUT2D eigenvalue weighted by Crippen LogP contribution is -2.34. The first-order valence-electron chi connectivity index (χ1n) is 4.79. The van der Waals surface area contributed by atoms with Gasteiger partial charge >= 0.3 is 0 Å². The Kier molecular flexibility index (Phi) is 3.82. The molecule has 0 aromatic heterocycles. The molecule has 0 heterocycles. The molecule has 0 bridgehead atoms. The molecule has 3 nitrogen and oxygen atoms in total. The Morgan fingerprint density at radius 3 is 2.44 bits per heavy atom. The molecule has 90 valence electrons. The number of hydrogen-bond acceptors (Lipinski definition) is 3. The van der Waals surface area contributed by atoms with E-state index in [0.717, 1.165) is 11.8 Å². The molecule has 0 fully saturated rings. The van der Waals surface area contributed by atoms with Crippen LogP contribution >= 0.6 is 15.9 Å². The predicted molar refractivity (Wildman–Crippen MR) is 68.3 cm³/mol. The van der Waals surface area contributed by atoms with E-state index in [0.29, 0.717) is 5.56 Å². The van der Waals surface area contributed by atoms with E-state index in [9.17, 15) is 13.5 Å². The Morgan fingerprint density at radius 1 is 1.44 bits per heavy atom. The van der Waals surface area contributed by atoms with Crippen LogP contribution in [0, 0.1) is 6.92 Å². The molecular formula is C11H15BrO3S. The van der Waals surface area contributed by atoms with Gasteiger partial charge in [0.25, 0.3) is 0 Å². The highest BCUT2D eigenvalue weighted by atomic mass is 79.9. The van der Waals surface area contributed by atoms with Crippen LogP contribution in [0.25, 0.3) is 0 Å². The van der Waals surface area contributed by atoms with Crippen molar-refractivity contribution in [2.24, 2.45) is 0 Å². The minimum atomic E-state index is -3.40. The predicted octanol–water partition coefficient (Wildman–Crippen LogP) is 2.18. The minimum absolute atomic E-state index is 0.588. The molecule has 0 radical (unpaired) electrons. The number of aliphatic hydroxyl groups excluding tert-OH is 1. The summed E-state index contributed by atoms with van der Waals surface area (Å²) in [6.45, 7) is 3.34. The van der Waals surface area contributed by atoms with Crippen molar-refractivity contribution in [3.63, 3.8) is 0 Å². The second-order valence-corrected chi connectivity index (χ2v) is 8.64. The van der Waals surface area contributed by atoms with Gasteiger partial charge in [-0.2, -0.15) is 0 Å². The van der Waals surface area contributed by atoms with Crippen molar-refractivity contribution in [2.45, 2.75) is 23.6 Å². The molecule has 0 aliphatic rings. The molecule has 16 heavy (non-hydrogen) atoms. The molecule has 1 rings (SSSR count). The van der Waals surface area contributed by atoms with Gasteiger partial charge in [0.2, 0.25) is 0 Å². The maximum Gasteiger partial charge on any atom is 0.165 e. The van der Waals surface area contributed by atoms with Gasteiger partial charge in [0.05, 0.1) is 0 Å². The van der Waals surface area contributed by atoms with Crippen molar-refractivity contribution in [3.8, 4) is 0 Å². The molecule has 1 aromatic carbocycles. The maximum absolute atomic E-state index is 11.5. The summed E-state index contributed by atoms with van der Waals surface area (Å²) in [7, 11) is -3.40. The Balaban J connectivity index is 3.17. The lowest BCUT2D eigenvalue weighted by molar-refractivity contribution is 0.168. The van der Waals surface area contributed by atoms with Crippen LogP contribution in [0.4, 0.5) is 0 Å². The van der Waals surface area contributed by atoms with Crippen LogP contribution in [-0.4, -0.2) is 23.4 Å². The summed E-state index contributed by atoms with van der Waals surface area (Å²) in [6.07, 6.45) is 0.00298. The van der Waals surface area contributed by atoms with Crippen molar-refractivity contribution in [2.75, 3.05) is 6.26 Å². The van der Waals surface area contributed by atoms with E-state index in [1.165, 1.54) is 6.92 Å². The molecule has 0 saturated carbocycles. The number of rotatable bonds is 3. The summed E-state index contributed by atoms with van der Waals surface area (Å²) in [6, 6.07) is 7.17. The van der Waals surface area contributed by atoms with Crippen molar-refractivity contribution < 1.29 is 13.5 Å². The second kappa shape index (κ2) is 4.47. The average molecular weight is 307 g/mol. The zero-order valence-electron chi connectivity index (χ0n) is 9.44. The fourth-order valence-corrected chi connectivity index (χ4v) is 2.15. The molecule has 0 aliphatic carbocycles. The van der Waals surface area contributed by atoms with Gasteiger partial charge in [0, 0.05) is 6.26 Å². The first-order valence-corrected chi connectivity index (χ1v) is 7.48. The number of benzene rings is 1. The standard InChI is InChI=1S/C11H15BrO3S/c1-8-5-4-6-9(7-8)10(13)11(2,12)16(3,14)15/h4-7,10,13H,1-3H3/t10-,11-/m0/s1. The third-order valence-electron chi connectivity index (χ3n) is 2.57. The monoisotopic (exact) mass is 306 g/mol. The van der Waals surface area contributed by atoms with Gasteiger partial charge < -0.3 is 5.11 Å². The maximum atomic E-state index is 11.5. The van der Waals surface area contributed by atoms with E-state index in [2.05, 4.69) is 15.9 Å². The van der Waals surface area contributed by atoms with Gasteiger partial charge in [-0.1, -0.05) is 45.8 Å². The lowest BCUT2D eigenvalue weighted by Gasteiger charge is -2.27. The summed E-state index contributed by atoms with van der Waals surface area (Å²) in [5.41, 5.74) is 1.57. The minimum Gasteiger partial charge on any atom is -0.386 e. The van der Waals surface area contributed by atoms with E-state index >= 15 is 0 Å². The summed E-state index contributed by atoms with van der Waals surface area (Å²) in [5, 5.41) is 10.1. The molecule has 5 heteroatoms. The topological polar surface area (TPSA) is 54.4 Å². The summed E-state index contributed by atoms with van der Waals surface area (Å²) < 4.78 is 21.7. The van der Waals surface area contributed by atoms with E-state index in [4.69, 9.17) is 0 Å². The Hall–Kier alpha value is -0.390. The zero-order valence-corrected chi connectivity index (χ0v) is 11.8. The third kappa shape index (κ3) is 2.64. The highest BCUT2D eigenvalue weighted by Crippen LogP contribution is 2.37. The van der Waals surface area contributed by atoms with E-state index in [-0.39, 0.29) is 0 Å². The molecule has 1 N–H and O–H groups in total. The fourth-order valence-electron chi connectivity index (χ4n) is 1.34. The van der Waals surface area contributed by atoms with Crippen LogP contribution in [0.15, 0.2) is 24.3 Å². The van der Waals surface area contributed by atoms with Gasteiger partial charge in [-0.25, -0.2) is 8.42 Å². The molecule has 0 amide bonds. The quantitative estimate of drug-likeness (QED) is 0.871. The summed E-state index contributed by atoms with van der Waals surface area (Å²) in [4.78, 5) is 0. The lowest BCUT2D eigenvalue weighted by atomic mass is 10.0. The molecule has 2 atom stereocenters. The molecule has 0 spiro atoms. The van der Waals surface area contributed by atoms with E-state index in [1.54, 1.807) is 18.2 Å². The van der Waals surface area contributed by atoms with Crippen molar-refractivity contribution in [1.29, 1.82) is 0 Å². The van der Waals surface area contributed by atoms with E-state index < -0.39 is 19.6 Å². The third-order valence-corrected chi connectivity index (χ3v) is 6.44. The highest BCUT2D eigenvalue weighted by Gasteiger charge is 2.41. The normalized spacial score (nSPS) is 17.8. The molecule has 0 saturated heterocycles.